The highest BCUT2D eigenvalue weighted by molar-refractivity contribution is 6.11. The number of benzene rings is 2. The number of hydrogen-bond acceptors (Lipinski definition) is 8. The third-order valence-corrected chi connectivity index (χ3v) is 5.62. The Morgan fingerprint density at radius 2 is 1.53 bits per heavy atom. The van der Waals surface area contributed by atoms with E-state index in [1.54, 1.807) is 55.9 Å². The summed E-state index contributed by atoms with van der Waals surface area (Å²) in [5.74, 6) is 2.58. The minimum Gasteiger partial charge on any atom is -0.497 e. The largest absolute Gasteiger partial charge is 0.497 e. The van der Waals surface area contributed by atoms with Crippen molar-refractivity contribution < 1.29 is 19.0 Å². The van der Waals surface area contributed by atoms with E-state index in [-0.39, 0.29) is 5.91 Å². The molecule has 0 bridgehead atoms. The van der Waals surface area contributed by atoms with E-state index in [9.17, 15) is 4.79 Å². The summed E-state index contributed by atoms with van der Waals surface area (Å²) < 4.78 is 16.4. The van der Waals surface area contributed by atoms with Crippen LogP contribution in [0.25, 0.3) is 11.6 Å². The van der Waals surface area contributed by atoms with Gasteiger partial charge >= 0.3 is 0 Å². The van der Waals surface area contributed by atoms with Crippen LogP contribution in [0.5, 0.6) is 17.2 Å². The minimum atomic E-state index is -0.475. The molecule has 9 nitrogen and oxygen atoms in total. The lowest BCUT2D eigenvalue weighted by atomic mass is 9.97. The van der Waals surface area contributed by atoms with Gasteiger partial charge in [0.15, 0.2) is 23.1 Å². The highest BCUT2D eigenvalue weighted by atomic mass is 16.5. The van der Waals surface area contributed by atoms with Gasteiger partial charge in [-0.3, -0.25) is 9.69 Å². The Morgan fingerprint density at radius 3 is 2.26 bits per heavy atom. The summed E-state index contributed by atoms with van der Waals surface area (Å²) in [5.41, 5.74) is 2.13. The van der Waals surface area contributed by atoms with Crippen LogP contribution in [0.2, 0.25) is 0 Å². The number of carbonyl (C=O) groups is 1. The number of nitrogens with zero attached hydrogens (tertiary/aromatic N) is 5. The van der Waals surface area contributed by atoms with Crippen LogP contribution < -0.4 is 19.1 Å². The van der Waals surface area contributed by atoms with Gasteiger partial charge in [-0.1, -0.05) is 12.1 Å². The van der Waals surface area contributed by atoms with Crippen LogP contribution in [0.1, 0.15) is 27.5 Å². The van der Waals surface area contributed by atoms with Gasteiger partial charge in [0, 0.05) is 24.2 Å². The molecule has 1 aliphatic heterocycles. The molecule has 1 atom stereocenters. The van der Waals surface area contributed by atoms with Crippen LogP contribution in [-0.2, 0) is 0 Å². The van der Waals surface area contributed by atoms with Gasteiger partial charge in [0.25, 0.3) is 5.91 Å². The predicted octanol–water partition coefficient (Wildman–Crippen LogP) is 3.71. The Morgan fingerprint density at radius 1 is 0.794 bits per heavy atom. The SMILES string of the molecule is COc1cccc([C@H]2c3cc(OC)c(OC)cc3C(=O)N2c2ccnc(-c3ncccn3)n2)c1. The average molecular weight is 455 g/mol. The van der Waals surface area contributed by atoms with Crippen LogP contribution in [-0.4, -0.2) is 47.2 Å². The third-order valence-electron chi connectivity index (χ3n) is 5.62. The van der Waals surface area contributed by atoms with Gasteiger partial charge in [-0.25, -0.2) is 19.9 Å². The minimum absolute atomic E-state index is 0.220. The fraction of sp³-hybridized carbons (Fsp3) is 0.160. The predicted molar refractivity (Wildman–Crippen MR) is 124 cm³/mol. The molecule has 3 heterocycles. The number of amides is 1. The first-order chi connectivity index (χ1) is 16.6. The molecule has 0 unspecified atom stereocenters. The van der Waals surface area contributed by atoms with Crippen molar-refractivity contribution >= 4 is 11.7 Å². The normalized spacial score (nSPS) is 14.6. The molecule has 2 aromatic heterocycles. The van der Waals surface area contributed by atoms with Crippen LogP contribution in [0.3, 0.4) is 0 Å². The van der Waals surface area contributed by atoms with Crippen molar-refractivity contribution in [3.8, 4) is 28.9 Å². The van der Waals surface area contributed by atoms with Gasteiger partial charge in [-0.05, 0) is 47.5 Å². The number of aromatic nitrogens is 4. The van der Waals surface area contributed by atoms with Gasteiger partial charge in [0.2, 0.25) is 0 Å². The van der Waals surface area contributed by atoms with Crippen LogP contribution >= 0.6 is 0 Å². The number of fused-ring (bicyclic) bond motifs is 1. The molecular formula is C25H21N5O4. The number of carbonyl (C=O) groups excluding carboxylic acids is 1. The first-order valence-corrected chi connectivity index (χ1v) is 10.5. The van der Waals surface area contributed by atoms with Crippen molar-refractivity contribution in [3.63, 3.8) is 0 Å². The molecule has 9 heteroatoms. The van der Waals surface area contributed by atoms with E-state index in [2.05, 4.69) is 19.9 Å². The lowest BCUT2D eigenvalue weighted by molar-refractivity contribution is 0.0992. The number of ether oxygens (including phenoxy) is 3. The first kappa shape index (κ1) is 21.3. The van der Waals surface area contributed by atoms with Crippen LogP contribution in [0.4, 0.5) is 5.82 Å². The third kappa shape index (κ3) is 3.57. The summed E-state index contributed by atoms with van der Waals surface area (Å²) >= 11 is 0. The van der Waals surface area contributed by atoms with Crippen molar-refractivity contribution in [2.24, 2.45) is 0 Å². The molecule has 0 fully saturated rings. The molecule has 0 radical (unpaired) electrons. The molecule has 1 amide bonds. The first-order valence-electron chi connectivity index (χ1n) is 10.5. The summed E-state index contributed by atoms with van der Waals surface area (Å²) in [6.07, 6.45) is 4.83. The van der Waals surface area contributed by atoms with E-state index < -0.39 is 6.04 Å². The van der Waals surface area contributed by atoms with E-state index in [0.717, 1.165) is 11.1 Å². The summed E-state index contributed by atoms with van der Waals surface area (Å²) in [5, 5.41) is 0. The van der Waals surface area contributed by atoms with Crippen LogP contribution in [0.15, 0.2) is 67.1 Å². The molecule has 0 spiro atoms. The number of methoxy groups -OCH3 is 3. The Bertz CT molecular complexity index is 1360. The molecule has 0 N–H and O–H groups in total. The molecule has 5 rings (SSSR count). The molecule has 2 aromatic carbocycles. The molecule has 0 saturated carbocycles. The second-order valence-corrected chi connectivity index (χ2v) is 7.46. The molecule has 170 valence electrons. The standard InChI is InChI=1S/C25H21N5O4/c1-32-16-7-4-6-15(12-16)22-17-13-19(33-2)20(34-3)14-18(17)25(31)30(22)21-8-11-28-24(29-21)23-26-9-5-10-27-23/h4-14,22H,1-3H3/t22-/m0/s1. The smallest absolute Gasteiger partial charge is 0.260 e. The highest BCUT2D eigenvalue weighted by Gasteiger charge is 2.41. The second kappa shape index (κ2) is 8.78. The van der Waals surface area contributed by atoms with E-state index in [4.69, 9.17) is 14.2 Å². The molecule has 0 aliphatic carbocycles. The average Bonchev–Trinajstić information content (AvgIpc) is 3.19. The summed E-state index contributed by atoms with van der Waals surface area (Å²) in [6, 6.07) is 14.1. The molecule has 34 heavy (non-hydrogen) atoms. The van der Waals surface area contributed by atoms with E-state index >= 15 is 0 Å². The molecule has 1 aliphatic rings. The Kier molecular flexibility index (Phi) is 5.51. The fourth-order valence-corrected chi connectivity index (χ4v) is 4.07. The zero-order valence-electron chi connectivity index (χ0n) is 18.8. The van der Waals surface area contributed by atoms with Crippen molar-refractivity contribution in [1.82, 2.24) is 19.9 Å². The summed E-state index contributed by atoms with van der Waals surface area (Å²) in [4.78, 5) is 32.8. The van der Waals surface area contributed by atoms with Crippen molar-refractivity contribution in [2.45, 2.75) is 6.04 Å². The van der Waals surface area contributed by atoms with Crippen LogP contribution in [0, 0.1) is 0 Å². The van der Waals surface area contributed by atoms with Gasteiger partial charge in [-0.15, -0.1) is 0 Å². The maximum absolute atomic E-state index is 13.8. The summed E-state index contributed by atoms with van der Waals surface area (Å²) in [7, 11) is 4.71. The number of rotatable bonds is 6. The van der Waals surface area contributed by atoms with Gasteiger partial charge in [0.1, 0.15) is 11.6 Å². The Labute approximate surface area is 196 Å². The van der Waals surface area contributed by atoms with Gasteiger partial charge < -0.3 is 14.2 Å². The monoisotopic (exact) mass is 455 g/mol. The van der Waals surface area contributed by atoms with E-state index in [0.29, 0.717) is 40.3 Å². The molecule has 0 saturated heterocycles. The zero-order chi connectivity index (χ0) is 23.7. The second-order valence-electron chi connectivity index (χ2n) is 7.46. The number of anilines is 1. The van der Waals surface area contributed by atoms with Gasteiger partial charge in [0.05, 0.1) is 27.4 Å². The summed E-state index contributed by atoms with van der Waals surface area (Å²) in [6.45, 7) is 0. The highest BCUT2D eigenvalue weighted by Crippen LogP contribution is 2.45. The van der Waals surface area contributed by atoms with Crippen molar-refractivity contribution in [1.29, 1.82) is 0 Å². The Hall–Kier alpha value is -4.53. The molecular weight excluding hydrogens is 434 g/mol. The number of hydrogen-bond donors (Lipinski definition) is 0. The van der Waals surface area contributed by atoms with E-state index in [1.165, 1.54) is 7.11 Å². The van der Waals surface area contributed by atoms with Gasteiger partial charge in [-0.2, -0.15) is 0 Å². The lowest BCUT2D eigenvalue weighted by Crippen LogP contribution is -2.29. The Balaban J connectivity index is 1.70. The quantitative estimate of drug-likeness (QED) is 0.434. The maximum Gasteiger partial charge on any atom is 0.260 e. The maximum atomic E-state index is 13.8. The zero-order valence-corrected chi connectivity index (χ0v) is 18.8. The lowest BCUT2D eigenvalue weighted by Gasteiger charge is -2.25. The van der Waals surface area contributed by atoms with E-state index in [1.807, 2.05) is 30.3 Å². The molecule has 4 aromatic rings. The fourth-order valence-electron chi connectivity index (χ4n) is 4.07. The topological polar surface area (TPSA) is 99.6 Å². The van der Waals surface area contributed by atoms with Crippen molar-refractivity contribution in [3.05, 3.63) is 83.8 Å². The van der Waals surface area contributed by atoms with Crippen molar-refractivity contribution in [2.75, 3.05) is 26.2 Å².